The monoisotopic (exact) mass is 543 g/mol. The molecule has 0 saturated heterocycles. The Bertz CT molecular complexity index is 1040. The zero-order valence-corrected chi connectivity index (χ0v) is 25.8. The van der Waals surface area contributed by atoms with Crippen LogP contribution in [0, 0.1) is 56.7 Å². The lowest BCUT2D eigenvalue weighted by molar-refractivity contribution is -0.251. The molecular formula is C33H53NO5. The standard InChI is InChI=1S/C33H53NO5/c1-20(34-37)23-11-16-33(19-38-21(2)35)18-17-31(7)24(28(23)33)9-10-26-30(6)14-13-27(39-22(3)36)29(4,5)25(30)12-15-32(26,31)8/h23-28,37H,9-19H2,1-8H3/b34-20-/t23-,24+,25-,26+,27-,28+,30-,31+,32+,33+/m0/s1. The van der Waals surface area contributed by atoms with Crippen LogP contribution in [0.2, 0.25) is 0 Å². The van der Waals surface area contributed by atoms with Crippen LogP contribution in [0.3, 0.4) is 0 Å². The summed E-state index contributed by atoms with van der Waals surface area (Å²) in [6.07, 6.45) is 11.2. The van der Waals surface area contributed by atoms with Gasteiger partial charge in [0.15, 0.2) is 0 Å². The predicted molar refractivity (Wildman–Crippen MR) is 151 cm³/mol. The molecule has 5 aliphatic rings. The van der Waals surface area contributed by atoms with E-state index in [0.29, 0.717) is 30.3 Å². The van der Waals surface area contributed by atoms with Crippen LogP contribution in [0.15, 0.2) is 5.16 Å². The fourth-order valence-corrected chi connectivity index (χ4v) is 12.2. The molecule has 39 heavy (non-hydrogen) atoms. The third-order valence-corrected chi connectivity index (χ3v) is 14.1. The fourth-order valence-electron chi connectivity index (χ4n) is 12.2. The number of esters is 2. The van der Waals surface area contributed by atoms with Gasteiger partial charge in [0.05, 0.1) is 12.3 Å². The van der Waals surface area contributed by atoms with Crippen LogP contribution in [0.4, 0.5) is 0 Å². The van der Waals surface area contributed by atoms with Gasteiger partial charge < -0.3 is 14.7 Å². The molecule has 5 rings (SSSR count). The van der Waals surface area contributed by atoms with Crippen molar-refractivity contribution in [1.82, 2.24) is 0 Å². The third-order valence-electron chi connectivity index (χ3n) is 14.1. The first kappa shape index (κ1) is 28.9. The molecular weight excluding hydrogens is 490 g/mol. The maximum absolute atomic E-state index is 11.9. The van der Waals surface area contributed by atoms with Gasteiger partial charge in [-0.2, -0.15) is 0 Å². The Morgan fingerprint density at radius 2 is 1.51 bits per heavy atom. The molecule has 0 aromatic rings. The van der Waals surface area contributed by atoms with Gasteiger partial charge in [-0.05, 0) is 111 Å². The molecule has 220 valence electrons. The van der Waals surface area contributed by atoms with Crippen molar-refractivity contribution in [2.75, 3.05) is 6.61 Å². The van der Waals surface area contributed by atoms with Crippen molar-refractivity contribution in [2.24, 2.45) is 61.8 Å². The molecule has 0 bridgehead atoms. The van der Waals surface area contributed by atoms with E-state index in [1.54, 1.807) is 6.92 Å². The van der Waals surface area contributed by atoms with E-state index in [-0.39, 0.29) is 51.0 Å². The molecule has 5 aliphatic carbocycles. The fraction of sp³-hybridized carbons (Fsp3) is 0.909. The average Bonchev–Trinajstić information content (AvgIpc) is 3.24. The van der Waals surface area contributed by atoms with E-state index >= 15 is 0 Å². The van der Waals surface area contributed by atoms with E-state index < -0.39 is 0 Å². The molecule has 6 nitrogen and oxygen atoms in total. The highest BCUT2D eigenvalue weighted by molar-refractivity contribution is 5.84. The molecule has 0 aromatic heterocycles. The SMILES string of the molecule is CC(=O)OC[C@]12CC[C@@H](/C(C)=N\O)[C@@H]1[C@H]1CC[C@@H]3[C@@]4(C)CC[C@H](OC(C)=O)C(C)(C)[C@@H]4CC[C@@]3(C)[C@]1(C)CC2. The lowest BCUT2D eigenvalue weighted by atomic mass is 9.32. The van der Waals surface area contributed by atoms with Crippen molar-refractivity contribution in [3.63, 3.8) is 0 Å². The minimum absolute atomic E-state index is 0.000853. The number of carbonyl (C=O) groups is 2. The highest BCUT2D eigenvalue weighted by Gasteiger charge is 2.71. The topological polar surface area (TPSA) is 85.2 Å². The molecule has 0 aromatic carbocycles. The van der Waals surface area contributed by atoms with Gasteiger partial charge in [0.1, 0.15) is 6.10 Å². The molecule has 0 radical (unpaired) electrons. The summed E-state index contributed by atoms with van der Waals surface area (Å²) < 4.78 is 11.7. The summed E-state index contributed by atoms with van der Waals surface area (Å²) >= 11 is 0. The molecule has 0 spiro atoms. The Kier molecular flexibility index (Phi) is 7.03. The van der Waals surface area contributed by atoms with Crippen molar-refractivity contribution in [2.45, 2.75) is 126 Å². The first-order chi connectivity index (χ1) is 18.2. The Morgan fingerprint density at radius 3 is 2.15 bits per heavy atom. The highest BCUT2D eigenvalue weighted by Crippen LogP contribution is 2.77. The largest absolute Gasteiger partial charge is 0.465 e. The minimum Gasteiger partial charge on any atom is -0.465 e. The van der Waals surface area contributed by atoms with Gasteiger partial charge in [0.2, 0.25) is 0 Å². The summed E-state index contributed by atoms with van der Waals surface area (Å²) in [6, 6.07) is 0. The number of fused-ring (bicyclic) bond motifs is 7. The quantitative estimate of drug-likeness (QED) is 0.173. The Balaban J connectivity index is 1.50. The second kappa shape index (κ2) is 9.48. The molecule has 0 unspecified atom stereocenters. The van der Waals surface area contributed by atoms with Crippen molar-refractivity contribution in [1.29, 1.82) is 0 Å². The molecule has 5 saturated carbocycles. The third kappa shape index (κ3) is 4.03. The second-order valence-corrected chi connectivity index (χ2v) is 15.7. The molecule has 0 aliphatic heterocycles. The summed E-state index contributed by atoms with van der Waals surface area (Å²) in [5, 5.41) is 13.6. The normalized spacial score (nSPS) is 48.7. The van der Waals surface area contributed by atoms with Crippen molar-refractivity contribution in [3.05, 3.63) is 0 Å². The van der Waals surface area contributed by atoms with Crippen LogP contribution >= 0.6 is 0 Å². The summed E-state index contributed by atoms with van der Waals surface area (Å²) in [5.74, 6) is 1.98. The zero-order chi connectivity index (χ0) is 28.6. The van der Waals surface area contributed by atoms with Crippen molar-refractivity contribution < 1.29 is 24.3 Å². The maximum atomic E-state index is 11.9. The van der Waals surface area contributed by atoms with Crippen LogP contribution in [0.1, 0.15) is 120 Å². The molecule has 10 atom stereocenters. The number of hydrogen-bond acceptors (Lipinski definition) is 6. The lowest BCUT2D eigenvalue weighted by Crippen LogP contribution is -2.67. The lowest BCUT2D eigenvalue weighted by Gasteiger charge is -2.73. The molecule has 0 amide bonds. The maximum Gasteiger partial charge on any atom is 0.302 e. The van der Waals surface area contributed by atoms with Gasteiger partial charge in [-0.3, -0.25) is 9.59 Å². The van der Waals surface area contributed by atoms with Gasteiger partial charge in [-0.25, -0.2) is 0 Å². The van der Waals surface area contributed by atoms with Gasteiger partial charge >= 0.3 is 11.9 Å². The average molecular weight is 544 g/mol. The number of carbonyl (C=O) groups excluding carboxylic acids is 2. The highest BCUT2D eigenvalue weighted by atomic mass is 16.5. The van der Waals surface area contributed by atoms with Gasteiger partial charge in [0, 0.05) is 30.6 Å². The van der Waals surface area contributed by atoms with Crippen molar-refractivity contribution in [3.8, 4) is 0 Å². The Labute approximate surface area is 236 Å². The van der Waals surface area contributed by atoms with Crippen LogP contribution in [-0.2, 0) is 19.1 Å². The van der Waals surface area contributed by atoms with Gasteiger partial charge in [-0.15, -0.1) is 0 Å². The van der Waals surface area contributed by atoms with Gasteiger partial charge in [-0.1, -0.05) is 39.8 Å². The molecule has 0 heterocycles. The zero-order valence-electron chi connectivity index (χ0n) is 25.8. The van der Waals surface area contributed by atoms with Crippen molar-refractivity contribution >= 4 is 17.7 Å². The number of rotatable bonds is 4. The van der Waals surface area contributed by atoms with Crippen LogP contribution in [0.25, 0.3) is 0 Å². The van der Waals surface area contributed by atoms with Crippen LogP contribution < -0.4 is 0 Å². The first-order valence-corrected chi connectivity index (χ1v) is 15.7. The number of ether oxygens (including phenoxy) is 2. The van der Waals surface area contributed by atoms with Gasteiger partial charge in [0.25, 0.3) is 0 Å². The summed E-state index contributed by atoms with van der Waals surface area (Å²) in [5.41, 5.74) is 1.43. The van der Waals surface area contributed by atoms with E-state index in [2.05, 4.69) is 39.8 Å². The van der Waals surface area contributed by atoms with E-state index in [9.17, 15) is 14.8 Å². The van der Waals surface area contributed by atoms with E-state index in [0.717, 1.165) is 37.8 Å². The summed E-state index contributed by atoms with van der Waals surface area (Å²) in [6.45, 7) is 18.0. The number of hydrogen-bond donors (Lipinski definition) is 1. The molecule has 1 N–H and O–H groups in total. The van der Waals surface area contributed by atoms with E-state index in [4.69, 9.17) is 9.47 Å². The number of nitrogens with zero attached hydrogens (tertiary/aromatic N) is 1. The Hall–Kier alpha value is -1.59. The second-order valence-electron chi connectivity index (χ2n) is 15.7. The van der Waals surface area contributed by atoms with Crippen LogP contribution in [0.5, 0.6) is 0 Å². The molecule has 6 heteroatoms. The smallest absolute Gasteiger partial charge is 0.302 e. The van der Waals surface area contributed by atoms with E-state index in [1.807, 2.05) is 6.92 Å². The summed E-state index contributed by atoms with van der Waals surface area (Å²) in [7, 11) is 0. The summed E-state index contributed by atoms with van der Waals surface area (Å²) in [4.78, 5) is 23.9. The van der Waals surface area contributed by atoms with E-state index in [1.165, 1.54) is 39.0 Å². The van der Waals surface area contributed by atoms with Crippen LogP contribution in [-0.4, -0.2) is 35.6 Å². The predicted octanol–water partition coefficient (Wildman–Crippen LogP) is 7.41. The Morgan fingerprint density at radius 1 is 0.795 bits per heavy atom. The molecule has 5 fully saturated rings. The first-order valence-electron chi connectivity index (χ1n) is 15.7. The minimum atomic E-state index is -0.193. The number of oxime groups is 1.